The smallest absolute Gasteiger partial charge is 0.180 e. The highest BCUT2D eigenvalue weighted by molar-refractivity contribution is 6.06. The predicted octanol–water partition coefficient (Wildman–Crippen LogP) is 2.59. The van der Waals surface area contributed by atoms with Crippen molar-refractivity contribution >= 4 is 22.5 Å². The van der Waals surface area contributed by atoms with Crippen LogP contribution in [0.25, 0.3) is 22.0 Å². The molecule has 0 unspecified atom stereocenters. The van der Waals surface area contributed by atoms with Crippen LogP contribution < -0.4 is 0 Å². The second kappa shape index (κ2) is 5.72. The third-order valence-corrected chi connectivity index (χ3v) is 3.57. The number of carbonyl (C=O) groups is 2. The Morgan fingerprint density at radius 2 is 1.78 bits per heavy atom. The lowest BCUT2D eigenvalue weighted by Gasteiger charge is -2.03. The number of carbonyl (C=O) groups excluding carboxylic acids is 2. The maximum absolute atomic E-state index is 11.9. The molecule has 0 spiro atoms. The van der Waals surface area contributed by atoms with Crippen molar-refractivity contribution in [2.45, 2.75) is 27.3 Å². The molecule has 116 valence electrons. The van der Waals surface area contributed by atoms with Gasteiger partial charge in [0.1, 0.15) is 11.5 Å². The van der Waals surface area contributed by atoms with Crippen molar-refractivity contribution in [3.63, 3.8) is 0 Å². The fourth-order valence-corrected chi connectivity index (χ4v) is 2.49. The molecule has 0 fully saturated rings. The fourth-order valence-electron chi connectivity index (χ4n) is 2.49. The van der Waals surface area contributed by atoms with E-state index in [1.54, 1.807) is 17.1 Å². The Balaban J connectivity index is 2.18. The summed E-state index contributed by atoms with van der Waals surface area (Å²) in [5, 5.41) is 5.03. The Kier molecular flexibility index (Phi) is 3.73. The van der Waals surface area contributed by atoms with E-state index in [-0.39, 0.29) is 18.1 Å². The van der Waals surface area contributed by atoms with Crippen LogP contribution in [0.2, 0.25) is 0 Å². The lowest BCUT2D eigenvalue weighted by atomic mass is 10.0. The number of rotatable bonds is 4. The molecule has 6 nitrogen and oxygen atoms in total. The Morgan fingerprint density at radius 1 is 1.09 bits per heavy atom. The summed E-state index contributed by atoms with van der Waals surface area (Å²) in [7, 11) is 0. The first-order valence-corrected chi connectivity index (χ1v) is 7.25. The number of Topliss-reactive ketones (excluding diaryl/α,β-unsaturated/α-hetero) is 2. The van der Waals surface area contributed by atoms with E-state index >= 15 is 0 Å². The summed E-state index contributed by atoms with van der Waals surface area (Å²) in [6.07, 6.45) is 3.49. The van der Waals surface area contributed by atoms with Crippen LogP contribution in [0, 0.1) is 6.92 Å². The number of benzene rings is 1. The Bertz CT molecular complexity index is 910. The average Bonchev–Trinajstić information content (AvgIpc) is 2.85. The summed E-state index contributed by atoms with van der Waals surface area (Å²) in [5.41, 5.74) is 2.91. The molecule has 3 rings (SSSR count). The standard InChI is InChI=1S/C17H16N4O2/c1-10(22)9-21-16-5-4-13(14-7-18-12(3)19-8-14)6-15(16)17(20-21)11(2)23/h4-8H,9H2,1-3H3. The van der Waals surface area contributed by atoms with E-state index in [4.69, 9.17) is 0 Å². The topological polar surface area (TPSA) is 77.7 Å². The van der Waals surface area contributed by atoms with Crippen molar-refractivity contribution in [3.05, 3.63) is 42.1 Å². The summed E-state index contributed by atoms with van der Waals surface area (Å²) in [4.78, 5) is 31.6. The normalized spacial score (nSPS) is 10.9. The van der Waals surface area contributed by atoms with Gasteiger partial charge in [-0.3, -0.25) is 14.3 Å². The largest absolute Gasteiger partial charge is 0.298 e. The van der Waals surface area contributed by atoms with E-state index in [1.165, 1.54) is 13.8 Å². The molecule has 0 N–H and O–H groups in total. The van der Waals surface area contributed by atoms with Gasteiger partial charge in [0.05, 0.1) is 12.1 Å². The van der Waals surface area contributed by atoms with Gasteiger partial charge in [-0.25, -0.2) is 9.97 Å². The Hall–Kier alpha value is -2.89. The predicted molar refractivity (Wildman–Crippen MR) is 86.2 cm³/mol. The molecule has 0 saturated carbocycles. The molecule has 0 atom stereocenters. The van der Waals surface area contributed by atoms with Gasteiger partial charge in [-0.15, -0.1) is 0 Å². The molecule has 0 amide bonds. The molecule has 6 heteroatoms. The highest BCUT2D eigenvalue weighted by Crippen LogP contribution is 2.26. The molecule has 0 aliphatic rings. The second-order valence-corrected chi connectivity index (χ2v) is 5.52. The molecule has 1 aromatic carbocycles. The van der Waals surface area contributed by atoms with Crippen molar-refractivity contribution in [1.29, 1.82) is 0 Å². The fraction of sp³-hybridized carbons (Fsp3) is 0.235. The van der Waals surface area contributed by atoms with E-state index in [2.05, 4.69) is 15.1 Å². The molecule has 3 aromatic rings. The molecule has 2 heterocycles. The maximum atomic E-state index is 11.9. The van der Waals surface area contributed by atoms with Gasteiger partial charge in [0.2, 0.25) is 0 Å². The molecular weight excluding hydrogens is 292 g/mol. The number of nitrogens with zero attached hydrogens (tertiary/aromatic N) is 4. The van der Waals surface area contributed by atoms with Crippen molar-refractivity contribution in [3.8, 4) is 11.1 Å². The summed E-state index contributed by atoms with van der Waals surface area (Å²) < 4.78 is 1.57. The minimum atomic E-state index is -0.130. The van der Waals surface area contributed by atoms with E-state index in [0.717, 1.165) is 22.0 Å². The number of fused-ring (bicyclic) bond motifs is 1. The minimum Gasteiger partial charge on any atom is -0.298 e. The zero-order chi connectivity index (χ0) is 16.6. The quantitative estimate of drug-likeness (QED) is 0.692. The van der Waals surface area contributed by atoms with Gasteiger partial charge in [0.15, 0.2) is 11.6 Å². The van der Waals surface area contributed by atoms with Gasteiger partial charge < -0.3 is 0 Å². The maximum Gasteiger partial charge on any atom is 0.180 e. The Morgan fingerprint density at radius 3 is 2.39 bits per heavy atom. The van der Waals surface area contributed by atoms with Gasteiger partial charge in [-0.2, -0.15) is 5.10 Å². The first-order chi connectivity index (χ1) is 11.0. The summed E-state index contributed by atoms with van der Waals surface area (Å²) in [5.74, 6) is 0.559. The summed E-state index contributed by atoms with van der Waals surface area (Å²) >= 11 is 0. The molecule has 0 saturated heterocycles. The monoisotopic (exact) mass is 308 g/mol. The van der Waals surface area contributed by atoms with Crippen LogP contribution in [0.3, 0.4) is 0 Å². The number of aromatic nitrogens is 4. The van der Waals surface area contributed by atoms with Crippen molar-refractivity contribution in [2.24, 2.45) is 0 Å². The van der Waals surface area contributed by atoms with Crippen LogP contribution in [0.5, 0.6) is 0 Å². The van der Waals surface area contributed by atoms with E-state index < -0.39 is 0 Å². The minimum absolute atomic E-state index is 0.0134. The second-order valence-electron chi connectivity index (χ2n) is 5.52. The van der Waals surface area contributed by atoms with Crippen molar-refractivity contribution in [1.82, 2.24) is 19.7 Å². The summed E-state index contributed by atoms with van der Waals surface area (Å²) in [6.45, 7) is 4.95. The zero-order valence-electron chi connectivity index (χ0n) is 13.2. The highest BCUT2D eigenvalue weighted by atomic mass is 16.1. The third-order valence-electron chi connectivity index (χ3n) is 3.57. The SMILES string of the molecule is CC(=O)Cn1nc(C(C)=O)c2cc(-c3cnc(C)nc3)ccc21. The summed E-state index contributed by atoms with van der Waals surface area (Å²) in [6, 6.07) is 5.68. The van der Waals surface area contributed by atoms with Gasteiger partial charge in [-0.05, 0) is 31.5 Å². The number of hydrogen-bond donors (Lipinski definition) is 0. The molecule has 2 aromatic heterocycles. The van der Waals surface area contributed by atoms with Gasteiger partial charge in [0, 0.05) is 30.3 Å². The van der Waals surface area contributed by atoms with Gasteiger partial charge in [-0.1, -0.05) is 6.07 Å². The number of aryl methyl sites for hydroxylation is 1. The van der Waals surface area contributed by atoms with Crippen molar-refractivity contribution < 1.29 is 9.59 Å². The van der Waals surface area contributed by atoms with E-state index in [9.17, 15) is 9.59 Å². The van der Waals surface area contributed by atoms with E-state index in [1.807, 2.05) is 25.1 Å². The van der Waals surface area contributed by atoms with Crippen molar-refractivity contribution in [2.75, 3.05) is 0 Å². The van der Waals surface area contributed by atoms with E-state index in [0.29, 0.717) is 11.5 Å². The lowest BCUT2D eigenvalue weighted by Crippen LogP contribution is -2.08. The number of ketones is 2. The average molecular weight is 308 g/mol. The van der Waals surface area contributed by atoms with Gasteiger partial charge in [0.25, 0.3) is 0 Å². The van der Waals surface area contributed by atoms with Crippen LogP contribution >= 0.6 is 0 Å². The molecule has 23 heavy (non-hydrogen) atoms. The lowest BCUT2D eigenvalue weighted by molar-refractivity contribution is -0.117. The van der Waals surface area contributed by atoms with Crippen LogP contribution in [0.4, 0.5) is 0 Å². The first kappa shape index (κ1) is 15.0. The van der Waals surface area contributed by atoms with Gasteiger partial charge >= 0.3 is 0 Å². The molecule has 0 aliphatic carbocycles. The van der Waals surface area contributed by atoms with Crippen LogP contribution in [-0.2, 0) is 11.3 Å². The molecule has 0 bridgehead atoms. The number of hydrogen-bond acceptors (Lipinski definition) is 5. The third kappa shape index (κ3) is 2.88. The Labute approximate surface area is 133 Å². The zero-order valence-corrected chi connectivity index (χ0v) is 13.2. The molecular formula is C17H16N4O2. The van der Waals surface area contributed by atoms with Crippen LogP contribution in [0.1, 0.15) is 30.2 Å². The first-order valence-electron chi connectivity index (χ1n) is 7.25. The van der Waals surface area contributed by atoms with Crippen LogP contribution in [0.15, 0.2) is 30.6 Å². The highest BCUT2D eigenvalue weighted by Gasteiger charge is 2.16. The van der Waals surface area contributed by atoms with Crippen LogP contribution in [-0.4, -0.2) is 31.3 Å². The molecule has 0 radical (unpaired) electrons. The molecule has 0 aliphatic heterocycles.